The van der Waals surface area contributed by atoms with Crippen LogP contribution in [-0.2, 0) is 0 Å². The Labute approximate surface area is 153 Å². The van der Waals surface area contributed by atoms with Crippen molar-refractivity contribution in [1.82, 2.24) is 28.7 Å². The summed E-state index contributed by atoms with van der Waals surface area (Å²) >= 11 is 0. The molecule has 0 aliphatic rings. The Morgan fingerprint density at radius 3 is 2.63 bits per heavy atom. The first-order chi connectivity index (χ1) is 13.3. The van der Waals surface area contributed by atoms with Gasteiger partial charge in [-0.15, -0.1) is 0 Å². The highest BCUT2D eigenvalue weighted by atomic mass is 15.0. The molecule has 0 bridgehead atoms. The first kappa shape index (κ1) is 14.3. The maximum absolute atomic E-state index is 4.75. The Bertz CT molecular complexity index is 1400. The van der Waals surface area contributed by atoms with Crippen molar-refractivity contribution in [3.63, 3.8) is 0 Å². The summed E-state index contributed by atoms with van der Waals surface area (Å²) in [5, 5.41) is 0. The summed E-state index contributed by atoms with van der Waals surface area (Å²) in [6.07, 6.45) is 9.78. The number of para-hydroxylation sites is 2. The van der Waals surface area contributed by atoms with E-state index in [4.69, 9.17) is 4.98 Å². The maximum Gasteiger partial charge on any atom is 0.139 e. The second-order valence-corrected chi connectivity index (χ2v) is 6.56. The standard InChI is InChI=1S/C21H14N6/c1-2-4-18-17(3-1)24-21(25-18)15-6-8-20-23-19(12-26(20)11-15)14-5-7-16-9-22-13-27(16)10-14/h1-13H,(H,24,25). The molecular formula is C21H14N6. The van der Waals surface area contributed by atoms with Gasteiger partial charge in [-0.2, -0.15) is 0 Å². The first-order valence-electron chi connectivity index (χ1n) is 8.69. The van der Waals surface area contributed by atoms with E-state index in [2.05, 4.69) is 27.2 Å². The molecule has 1 N–H and O–H groups in total. The molecule has 27 heavy (non-hydrogen) atoms. The largest absolute Gasteiger partial charge is 0.338 e. The monoisotopic (exact) mass is 350 g/mol. The normalized spacial score (nSPS) is 11.7. The van der Waals surface area contributed by atoms with Crippen molar-refractivity contribution in [3.05, 3.63) is 79.6 Å². The number of aromatic nitrogens is 6. The zero-order valence-electron chi connectivity index (χ0n) is 14.2. The fourth-order valence-electron chi connectivity index (χ4n) is 3.43. The van der Waals surface area contributed by atoms with Crippen LogP contribution in [0.3, 0.4) is 0 Å². The van der Waals surface area contributed by atoms with Gasteiger partial charge in [0.15, 0.2) is 0 Å². The Balaban J connectivity index is 1.46. The fourth-order valence-corrected chi connectivity index (χ4v) is 3.43. The van der Waals surface area contributed by atoms with Crippen LogP contribution in [0.2, 0.25) is 0 Å². The number of aromatic amines is 1. The van der Waals surface area contributed by atoms with E-state index in [-0.39, 0.29) is 0 Å². The molecule has 6 heteroatoms. The summed E-state index contributed by atoms with van der Waals surface area (Å²) in [7, 11) is 0. The van der Waals surface area contributed by atoms with Crippen LogP contribution in [0, 0.1) is 0 Å². The Hall–Kier alpha value is -3.93. The zero-order chi connectivity index (χ0) is 17.8. The number of hydrogen-bond acceptors (Lipinski definition) is 3. The van der Waals surface area contributed by atoms with Crippen LogP contribution in [-0.4, -0.2) is 28.7 Å². The number of nitrogens with one attached hydrogen (secondary N) is 1. The van der Waals surface area contributed by atoms with Crippen molar-refractivity contribution in [1.29, 1.82) is 0 Å². The number of nitrogens with zero attached hydrogens (tertiary/aromatic N) is 5. The number of hydrogen-bond donors (Lipinski definition) is 1. The molecule has 1 aromatic carbocycles. The molecule has 0 amide bonds. The summed E-state index contributed by atoms with van der Waals surface area (Å²) in [6, 6.07) is 16.2. The van der Waals surface area contributed by atoms with Gasteiger partial charge in [-0.05, 0) is 36.4 Å². The van der Waals surface area contributed by atoms with E-state index < -0.39 is 0 Å². The van der Waals surface area contributed by atoms with Gasteiger partial charge in [-0.1, -0.05) is 12.1 Å². The Morgan fingerprint density at radius 2 is 1.67 bits per heavy atom. The van der Waals surface area contributed by atoms with Crippen LogP contribution in [0.25, 0.3) is 44.8 Å². The van der Waals surface area contributed by atoms with Crippen LogP contribution in [0.5, 0.6) is 0 Å². The summed E-state index contributed by atoms with van der Waals surface area (Å²) in [5.41, 5.74) is 6.96. The molecular weight excluding hydrogens is 336 g/mol. The number of imidazole rings is 3. The third kappa shape index (κ3) is 2.23. The topological polar surface area (TPSA) is 63.3 Å². The molecule has 0 unspecified atom stereocenters. The lowest BCUT2D eigenvalue weighted by Crippen LogP contribution is -1.86. The van der Waals surface area contributed by atoms with E-state index in [1.54, 1.807) is 6.33 Å². The molecule has 0 saturated carbocycles. The molecule has 0 fully saturated rings. The summed E-state index contributed by atoms with van der Waals surface area (Å²) in [5.74, 6) is 0.855. The molecule has 5 aromatic heterocycles. The minimum absolute atomic E-state index is 0.855. The quantitative estimate of drug-likeness (QED) is 0.509. The highest BCUT2D eigenvalue weighted by molar-refractivity contribution is 5.79. The van der Waals surface area contributed by atoms with Gasteiger partial charge in [0.05, 0.1) is 34.8 Å². The van der Waals surface area contributed by atoms with Gasteiger partial charge in [-0.25, -0.2) is 15.0 Å². The highest BCUT2D eigenvalue weighted by Gasteiger charge is 2.09. The summed E-state index contributed by atoms with van der Waals surface area (Å²) in [4.78, 5) is 17.0. The van der Waals surface area contributed by atoms with Crippen LogP contribution >= 0.6 is 0 Å². The number of pyridine rings is 2. The number of H-pyrrole nitrogens is 1. The van der Waals surface area contributed by atoms with Crippen molar-refractivity contribution in [2.45, 2.75) is 0 Å². The van der Waals surface area contributed by atoms with Crippen molar-refractivity contribution < 1.29 is 0 Å². The molecule has 0 atom stereocenters. The molecule has 6 rings (SSSR count). The zero-order valence-corrected chi connectivity index (χ0v) is 14.2. The van der Waals surface area contributed by atoms with Crippen LogP contribution < -0.4 is 0 Å². The molecule has 0 radical (unpaired) electrons. The molecule has 0 aliphatic heterocycles. The van der Waals surface area contributed by atoms with Crippen molar-refractivity contribution >= 4 is 22.2 Å². The van der Waals surface area contributed by atoms with Gasteiger partial charge >= 0.3 is 0 Å². The van der Waals surface area contributed by atoms with E-state index in [9.17, 15) is 0 Å². The van der Waals surface area contributed by atoms with Crippen LogP contribution in [0.4, 0.5) is 0 Å². The molecule has 5 heterocycles. The average molecular weight is 350 g/mol. The lowest BCUT2D eigenvalue weighted by molar-refractivity contribution is 1.15. The van der Waals surface area contributed by atoms with Crippen molar-refractivity contribution in [2.24, 2.45) is 0 Å². The lowest BCUT2D eigenvalue weighted by atomic mass is 10.2. The number of benzene rings is 1. The summed E-state index contributed by atoms with van der Waals surface area (Å²) < 4.78 is 4.04. The molecule has 6 nitrogen and oxygen atoms in total. The molecule has 128 valence electrons. The van der Waals surface area contributed by atoms with Gasteiger partial charge in [0.1, 0.15) is 11.5 Å². The fraction of sp³-hybridized carbons (Fsp3) is 0. The molecule has 0 spiro atoms. The van der Waals surface area contributed by atoms with Gasteiger partial charge in [0.25, 0.3) is 0 Å². The minimum Gasteiger partial charge on any atom is -0.338 e. The van der Waals surface area contributed by atoms with Crippen molar-refractivity contribution in [3.8, 4) is 22.6 Å². The van der Waals surface area contributed by atoms with E-state index in [1.165, 1.54) is 0 Å². The Morgan fingerprint density at radius 1 is 0.778 bits per heavy atom. The molecule has 6 aromatic rings. The third-order valence-electron chi connectivity index (χ3n) is 4.82. The second-order valence-electron chi connectivity index (χ2n) is 6.56. The number of fused-ring (bicyclic) bond motifs is 3. The number of rotatable bonds is 2. The first-order valence-corrected chi connectivity index (χ1v) is 8.69. The molecule has 0 aliphatic carbocycles. The van der Waals surface area contributed by atoms with E-state index in [0.29, 0.717) is 0 Å². The van der Waals surface area contributed by atoms with Gasteiger partial charge in [-0.3, -0.25) is 0 Å². The van der Waals surface area contributed by atoms with Gasteiger partial charge < -0.3 is 13.8 Å². The summed E-state index contributed by atoms with van der Waals surface area (Å²) in [6.45, 7) is 0. The molecule has 0 saturated heterocycles. The van der Waals surface area contributed by atoms with Gasteiger partial charge in [0.2, 0.25) is 0 Å². The van der Waals surface area contributed by atoms with E-state index >= 15 is 0 Å². The second kappa shape index (κ2) is 5.28. The Kier molecular flexibility index (Phi) is 2.79. The highest BCUT2D eigenvalue weighted by Crippen LogP contribution is 2.24. The smallest absolute Gasteiger partial charge is 0.139 e. The lowest BCUT2D eigenvalue weighted by Gasteiger charge is -1.98. The van der Waals surface area contributed by atoms with Crippen LogP contribution in [0.1, 0.15) is 0 Å². The third-order valence-corrected chi connectivity index (χ3v) is 4.82. The van der Waals surface area contributed by atoms with Crippen LogP contribution in [0.15, 0.2) is 79.6 Å². The van der Waals surface area contributed by atoms with E-state index in [0.717, 1.165) is 44.8 Å². The maximum atomic E-state index is 4.75. The predicted octanol–water partition coefficient (Wildman–Crippen LogP) is 4.19. The average Bonchev–Trinajstić information content (AvgIpc) is 3.42. The minimum atomic E-state index is 0.855. The predicted molar refractivity (Wildman–Crippen MR) is 104 cm³/mol. The SMILES string of the molecule is c1ccc2[nH]c(-c3ccc4nc(-c5ccc6cncn6c5)cn4c3)nc2c1. The van der Waals surface area contributed by atoms with E-state index in [1.807, 2.05) is 69.9 Å². The van der Waals surface area contributed by atoms with Crippen molar-refractivity contribution in [2.75, 3.05) is 0 Å². The van der Waals surface area contributed by atoms with Gasteiger partial charge in [0, 0.05) is 29.7 Å².